The summed E-state index contributed by atoms with van der Waals surface area (Å²) >= 11 is 0. The molecule has 1 saturated heterocycles. The summed E-state index contributed by atoms with van der Waals surface area (Å²) < 4.78 is 5.78. The van der Waals surface area contributed by atoms with E-state index in [1.54, 1.807) is 0 Å². The molecule has 1 saturated carbocycles. The van der Waals surface area contributed by atoms with Crippen molar-refractivity contribution in [3.05, 3.63) is 0 Å². The molecule has 3 atom stereocenters. The molecule has 1 aliphatic heterocycles. The van der Waals surface area contributed by atoms with Gasteiger partial charge in [0.15, 0.2) is 0 Å². The van der Waals surface area contributed by atoms with E-state index < -0.39 is 0 Å². The molecule has 0 radical (unpaired) electrons. The number of nitrogens with one attached hydrogen (secondary N) is 1. The largest absolute Gasteiger partial charge is 0.375 e. The van der Waals surface area contributed by atoms with Gasteiger partial charge in [-0.05, 0) is 52.4 Å². The summed E-state index contributed by atoms with van der Waals surface area (Å²) in [4.78, 5) is 0. The van der Waals surface area contributed by atoms with Gasteiger partial charge in [-0.25, -0.2) is 0 Å². The second-order valence-electron chi connectivity index (χ2n) is 5.93. The molecule has 0 aromatic rings. The maximum absolute atomic E-state index is 5.78. The second-order valence-corrected chi connectivity index (χ2v) is 5.93. The van der Waals surface area contributed by atoms with E-state index in [0.717, 1.165) is 5.92 Å². The smallest absolute Gasteiger partial charge is 0.0565 e. The lowest BCUT2D eigenvalue weighted by atomic mass is 9.95. The van der Waals surface area contributed by atoms with Crippen molar-refractivity contribution >= 4 is 0 Å². The van der Waals surface area contributed by atoms with Crippen molar-refractivity contribution in [2.45, 2.75) is 83.6 Å². The van der Waals surface area contributed by atoms with Crippen LogP contribution in [0.2, 0.25) is 0 Å². The van der Waals surface area contributed by atoms with Crippen LogP contribution in [0, 0.1) is 5.92 Å². The molecular formula is C14H27NO. The maximum atomic E-state index is 5.78. The van der Waals surface area contributed by atoms with E-state index in [4.69, 9.17) is 4.74 Å². The van der Waals surface area contributed by atoms with Crippen molar-refractivity contribution in [3.8, 4) is 0 Å². The van der Waals surface area contributed by atoms with Crippen molar-refractivity contribution in [3.63, 3.8) is 0 Å². The Hall–Kier alpha value is -0.0800. The summed E-state index contributed by atoms with van der Waals surface area (Å²) in [7, 11) is 0. The van der Waals surface area contributed by atoms with Crippen LogP contribution in [0.25, 0.3) is 0 Å². The standard InChI is InChI=1S/C14H27NO/c1-10-8-14(9-11(2)16-10)15-12(3)13-6-4-5-7-13/h10-15H,4-9H2,1-3H3/t10?,11?,12-,14?/m0/s1. The molecule has 0 bridgehead atoms. The van der Waals surface area contributed by atoms with Crippen LogP contribution in [0.4, 0.5) is 0 Å². The van der Waals surface area contributed by atoms with Gasteiger partial charge in [-0.15, -0.1) is 0 Å². The minimum absolute atomic E-state index is 0.428. The van der Waals surface area contributed by atoms with E-state index >= 15 is 0 Å². The fourth-order valence-corrected chi connectivity index (χ4v) is 3.51. The van der Waals surface area contributed by atoms with Gasteiger partial charge >= 0.3 is 0 Å². The van der Waals surface area contributed by atoms with Crippen LogP contribution in [0.15, 0.2) is 0 Å². The van der Waals surface area contributed by atoms with Gasteiger partial charge in [0.1, 0.15) is 0 Å². The molecule has 0 spiro atoms. The number of ether oxygens (including phenoxy) is 1. The number of hydrogen-bond acceptors (Lipinski definition) is 2. The monoisotopic (exact) mass is 225 g/mol. The summed E-state index contributed by atoms with van der Waals surface area (Å²) in [5.41, 5.74) is 0. The predicted molar refractivity (Wildman–Crippen MR) is 67.6 cm³/mol. The van der Waals surface area contributed by atoms with Gasteiger partial charge in [0.2, 0.25) is 0 Å². The molecule has 0 amide bonds. The van der Waals surface area contributed by atoms with Crippen LogP contribution in [0.5, 0.6) is 0 Å². The van der Waals surface area contributed by atoms with Crippen LogP contribution >= 0.6 is 0 Å². The Labute approximate surface area is 100 Å². The van der Waals surface area contributed by atoms with Gasteiger partial charge in [0, 0.05) is 12.1 Å². The van der Waals surface area contributed by atoms with E-state index in [0.29, 0.717) is 24.3 Å². The highest BCUT2D eigenvalue weighted by Gasteiger charge is 2.28. The van der Waals surface area contributed by atoms with Crippen molar-refractivity contribution < 1.29 is 4.74 Å². The van der Waals surface area contributed by atoms with E-state index in [9.17, 15) is 0 Å². The lowest BCUT2D eigenvalue weighted by Crippen LogP contribution is -2.46. The Kier molecular flexibility index (Phi) is 4.26. The lowest BCUT2D eigenvalue weighted by molar-refractivity contribution is -0.0441. The van der Waals surface area contributed by atoms with Crippen molar-refractivity contribution in [2.75, 3.05) is 0 Å². The van der Waals surface area contributed by atoms with Crippen LogP contribution < -0.4 is 5.32 Å². The molecule has 2 heteroatoms. The van der Waals surface area contributed by atoms with E-state index in [1.165, 1.54) is 38.5 Å². The van der Waals surface area contributed by atoms with Crippen LogP contribution in [0.3, 0.4) is 0 Å². The van der Waals surface area contributed by atoms with Crippen LogP contribution in [0.1, 0.15) is 59.3 Å². The zero-order chi connectivity index (χ0) is 11.5. The highest BCUT2D eigenvalue weighted by molar-refractivity contribution is 4.84. The Morgan fingerprint density at radius 2 is 1.62 bits per heavy atom. The molecule has 1 aliphatic carbocycles. The Bertz CT molecular complexity index is 203. The summed E-state index contributed by atoms with van der Waals surface area (Å²) in [5.74, 6) is 0.924. The molecule has 0 aromatic carbocycles. The Morgan fingerprint density at radius 3 is 2.19 bits per heavy atom. The van der Waals surface area contributed by atoms with Gasteiger partial charge in [0.25, 0.3) is 0 Å². The first-order chi connectivity index (χ1) is 7.65. The van der Waals surface area contributed by atoms with Crippen LogP contribution in [-0.4, -0.2) is 24.3 Å². The number of hydrogen-bond donors (Lipinski definition) is 1. The third kappa shape index (κ3) is 3.21. The minimum Gasteiger partial charge on any atom is -0.375 e. The SMILES string of the molecule is CC1CC(N[C@@H](C)C2CCCC2)CC(C)O1. The first-order valence-electron chi connectivity index (χ1n) is 7.06. The van der Waals surface area contributed by atoms with Crippen molar-refractivity contribution in [1.29, 1.82) is 0 Å². The van der Waals surface area contributed by atoms with Crippen LogP contribution in [-0.2, 0) is 4.74 Å². The normalized spacial score (nSPS) is 38.8. The molecule has 1 heterocycles. The zero-order valence-electron chi connectivity index (χ0n) is 11.0. The van der Waals surface area contributed by atoms with E-state index in [-0.39, 0.29) is 0 Å². The molecule has 2 unspecified atom stereocenters. The van der Waals surface area contributed by atoms with Crippen molar-refractivity contribution in [2.24, 2.45) is 5.92 Å². The Balaban J connectivity index is 1.79. The topological polar surface area (TPSA) is 21.3 Å². The molecule has 2 fully saturated rings. The summed E-state index contributed by atoms with van der Waals surface area (Å²) in [6.07, 6.45) is 8.97. The zero-order valence-corrected chi connectivity index (χ0v) is 11.0. The van der Waals surface area contributed by atoms with Gasteiger partial charge < -0.3 is 10.1 Å². The fraction of sp³-hybridized carbons (Fsp3) is 1.00. The summed E-state index contributed by atoms with van der Waals surface area (Å²) in [6.45, 7) is 6.77. The van der Waals surface area contributed by atoms with E-state index in [1.807, 2.05) is 0 Å². The summed E-state index contributed by atoms with van der Waals surface area (Å²) in [5, 5.41) is 3.84. The van der Waals surface area contributed by atoms with Crippen molar-refractivity contribution in [1.82, 2.24) is 5.32 Å². The first kappa shape index (κ1) is 12.4. The molecule has 0 aromatic heterocycles. The first-order valence-corrected chi connectivity index (χ1v) is 7.06. The summed E-state index contributed by atoms with van der Waals surface area (Å²) in [6, 6.07) is 1.37. The molecule has 94 valence electrons. The van der Waals surface area contributed by atoms with Gasteiger partial charge in [-0.2, -0.15) is 0 Å². The molecule has 1 N–H and O–H groups in total. The minimum atomic E-state index is 0.428. The lowest BCUT2D eigenvalue weighted by Gasteiger charge is -2.35. The van der Waals surface area contributed by atoms with E-state index in [2.05, 4.69) is 26.1 Å². The quantitative estimate of drug-likeness (QED) is 0.797. The maximum Gasteiger partial charge on any atom is 0.0565 e. The molecule has 2 rings (SSSR count). The predicted octanol–water partition coefficient (Wildman–Crippen LogP) is 3.11. The molecule has 2 aliphatic rings. The average molecular weight is 225 g/mol. The third-order valence-corrected chi connectivity index (χ3v) is 4.30. The Morgan fingerprint density at radius 1 is 1.06 bits per heavy atom. The second kappa shape index (κ2) is 5.50. The highest BCUT2D eigenvalue weighted by Crippen LogP contribution is 2.29. The number of rotatable bonds is 3. The highest BCUT2D eigenvalue weighted by atomic mass is 16.5. The molecule has 2 nitrogen and oxygen atoms in total. The average Bonchev–Trinajstić information content (AvgIpc) is 2.68. The van der Waals surface area contributed by atoms with Gasteiger partial charge in [-0.1, -0.05) is 12.8 Å². The molecule has 16 heavy (non-hydrogen) atoms. The molecular weight excluding hydrogens is 198 g/mol. The van der Waals surface area contributed by atoms with Gasteiger partial charge in [0.05, 0.1) is 12.2 Å². The third-order valence-electron chi connectivity index (χ3n) is 4.30. The van der Waals surface area contributed by atoms with Gasteiger partial charge in [-0.3, -0.25) is 0 Å². The fourth-order valence-electron chi connectivity index (χ4n) is 3.51.